The normalized spacial score (nSPS) is 12.5. The van der Waals surface area contributed by atoms with Crippen molar-refractivity contribution in [3.63, 3.8) is 0 Å². The van der Waals surface area contributed by atoms with Gasteiger partial charge in [0.15, 0.2) is 0 Å². The van der Waals surface area contributed by atoms with E-state index in [-0.39, 0.29) is 10.6 Å². The van der Waals surface area contributed by atoms with E-state index in [0.29, 0.717) is 19.6 Å². The zero-order valence-electron chi connectivity index (χ0n) is 15.3. The minimum atomic E-state index is -0.585. The molecular formula is C22H21N3O3. The van der Waals surface area contributed by atoms with E-state index in [2.05, 4.69) is 5.32 Å². The fourth-order valence-corrected chi connectivity index (χ4v) is 3.61. The fraction of sp³-hybridized carbons (Fsp3) is 0.182. The molecule has 1 heterocycles. The number of aliphatic hydroxyl groups is 1. The summed E-state index contributed by atoms with van der Waals surface area (Å²) in [5, 5.41) is 26.8. The Kier molecular flexibility index (Phi) is 5.06. The molecule has 1 aromatic heterocycles. The molecule has 0 spiro atoms. The first-order chi connectivity index (χ1) is 13.6. The van der Waals surface area contributed by atoms with Crippen molar-refractivity contribution in [3.05, 3.63) is 88.5 Å². The van der Waals surface area contributed by atoms with Crippen LogP contribution in [0.15, 0.2) is 72.8 Å². The van der Waals surface area contributed by atoms with Crippen LogP contribution in [0, 0.1) is 10.1 Å². The average Bonchev–Trinajstić information content (AvgIpc) is 3.02. The number of rotatable bonds is 7. The molecule has 0 aliphatic carbocycles. The summed E-state index contributed by atoms with van der Waals surface area (Å²) in [5.74, 6) is 0. The van der Waals surface area contributed by atoms with Crippen LogP contribution in [-0.4, -0.2) is 27.2 Å². The number of benzene rings is 3. The predicted molar refractivity (Wildman–Crippen MR) is 110 cm³/mol. The topological polar surface area (TPSA) is 80.3 Å². The minimum Gasteiger partial charge on any atom is -0.390 e. The molecule has 1 unspecified atom stereocenters. The molecule has 0 fully saturated rings. The SMILES string of the molecule is O=[N+]([O-])c1ccc2c(c1)c1ccccc1n2CC(O)CNCc1ccccc1. The molecule has 1 atom stereocenters. The van der Waals surface area contributed by atoms with Crippen LogP contribution < -0.4 is 5.32 Å². The lowest BCUT2D eigenvalue weighted by atomic mass is 10.1. The van der Waals surface area contributed by atoms with E-state index >= 15 is 0 Å². The van der Waals surface area contributed by atoms with Gasteiger partial charge in [0.25, 0.3) is 5.69 Å². The smallest absolute Gasteiger partial charge is 0.270 e. The highest BCUT2D eigenvalue weighted by Gasteiger charge is 2.16. The van der Waals surface area contributed by atoms with Gasteiger partial charge in [-0.15, -0.1) is 0 Å². The molecule has 0 saturated carbocycles. The second-order valence-corrected chi connectivity index (χ2v) is 6.86. The summed E-state index contributed by atoms with van der Waals surface area (Å²) in [7, 11) is 0. The number of nitrogens with zero attached hydrogens (tertiary/aromatic N) is 2. The molecule has 0 saturated heterocycles. The van der Waals surface area contributed by atoms with E-state index in [1.54, 1.807) is 12.1 Å². The van der Waals surface area contributed by atoms with Gasteiger partial charge in [-0.05, 0) is 17.7 Å². The maximum absolute atomic E-state index is 11.2. The van der Waals surface area contributed by atoms with Gasteiger partial charge >= 0.3 is 0 Å². The third-order valence-electron chi connectivity index (χ3n) is 4.91. The Balaban J connectivity index is 1.57. The molecule has 0 radical (unpaired) electrons. The van der Waals surface area contributed by atoms with Crippen molar-refractivity contribution < 1.29 is 10.0 Å². The van der Waals surface area contributed by atoms with E-state index < -0.39 is 6.10 Å². The number of non-ortho nitro benzene ring substituents is 1. The number of hydrogen-bond donors (Lipinski definition) is 2. The third-order valence-corrected chi connectivity index (χ3v) is 4.91. The highest BCUT2D eigenvalue weighted by molar-refractivity contribution is 6.08. The molecule has 4 rings (SSSR count). The maximum Gasteiger partial charge on any atom is 0.270 e. The number of hydrogen-bond acceptors (Lipinski definition) is 4. The third kappa shape index (κ3) is 3.60. The number of aromatic nitrogens is 1. The summed E-state index contributed by atoms with van der Waals surface area (Å²) in [4.78, 5) is 10.8. The van der Waals surface area contributed by atoms with Gasteiger partial charge in [-0.2, -0.15) is 0 Å². The molecule has 6 nitrogen and oxygen atoms in total. The Morgan fingerprint density at radius 2 is 1.68 bits per heavy atom. The van der Waals surface area contributed by atoms with Gasteiger partial charge in [0.1, 0.15) is 0 Å². The molecule has 0 amide bonds. The Labute approximate surface area is 162 Å². The van der Waals surface area contributed by atoms with Crippen LogP contribution in [0.3, 0.4) is 0 Å². The molecule has 142 valence electrons. The monoisotopic (exact) mass is 375 g/mol. The number of nitro groups is 1. The summed E-state index contributed by atoms with van der Waals surface area (Å²) in [6, 6.07) is 22.7. The Morgan fingerprint density at radius 1 is 0.964 bits per heavy atom. The van der Waals surface area contributed by atoms with Crippen molar-refractivity contribution in [3.8, 4) is 0 Å². The first-order valence-corrected chi connectivity index (χ1v) is 9.21. The largest absolute Gasteiger partial charge is 0.390 e. The number of para-hydroxylation sites is 1. The molecule has 28 heavy (non-hydrogen) atoms. The van der Waals surface area contributed by atoms with Crippen LogP contribution >= 0.6 is 0 Å². The predicted octanol–water partition coefficient (Wildman–Crippen LogP) is 3.85. The van der Waals surface area contributed by atoms with Crippen molar-refractivity contribution in [2.24, 2.45) is 0 Å². The molecule has 6 heteroatoms. The van der Waals surface area contributed by atoms with Crippen LogP contribution in [-0.2, 0) is 13.1 Å². The van der Waals surface area contributed by atoms with Crippen molar-refractivity contribution in [2.75, 3.05) is 6.54 Å². The summed E-state index contributed by atoms with van der Waals surface area (Å²) in [6.45, 7) is 1.55. The molecular weight excluding hydrogens is 354 g/mol. The van der Waals surface area contributed by atoms with Crippen molar-refractivity contribution >= 4 is 27.5 Å². The van der Waals surface area contributed by atoms with Gasteiger partial charge in [-0.25, -0.2) is 0 Å². The van der Waals surface area contributed by atoms with E-state index in [1.165, 1.54) is 11.6 Å². The van der Waals surface area contributed by atoms with Gasteiger partial charge in [0, 0.05) is 47.0 Å². The van der Waals surface area contributed by atoms with Crippen LogP contribution in [0.2, 0.25) is 0 Å². The van der Waals surface area contributed by atoms with Gasteiger partial charge in [-0.3, -0.25) is 10.1 Å². The molecule has 2 N–H and O–H groups in total. The summed E-state index contributed by atoms with van der Waals surface area (Å²) < 4.78 is 2.03. The van der Waals surface area contributed by atoms with E-state index in [1.807, 2.05) is 59.2 Å². The quantitative estimate of drug-likeness (QED) is 0.380. The minimum absolute atomic E-state index is 0.0699. The van der Waals surface area contributed by atoms with Gasteiger partial charge in [-0.1, -0.05) is 48.5 Å². The second kappa shape index (κ2) is 7.80. The first-order valence-electron chi connectivity index (χ1n) is 9.21. The van der Waals surface area contributed by atoms with Gasteiger partial charge < -0.3 is 15.0 Å². The highest BCUT2D eigenvalue weighted by Crippen LogP contribution is 2.31. The Hall–Kier alpha value is -3.22. The average molecular weight is 375 g/mol. The molecule has 3 aromatic carbocycles. The van der Waals surface area contributed by atoms with Crippen molar-refractivity contribution in [1.82, 2.24) is 9.88 Å². The molecule has 0 aliphatic rings. The summed E-state index contributed by atoms with van der Waals surface area (Å²) in [6.07, 6.45) is -0.585. The highest BCUT2D eigenvalue weighted by atomic mass is 16.6. The fourth-order valence-electron chi connectivity index (χ4n) is 3.61. The number of aliphatic hydroxyl groups excluding tert-OH is 1. The number of nitro benzene ring substituents is 1. The Morgan fingerprint density at radius 3 is 2.46 bits per heavy atom. The Bertz CT molecular complexity index is 1120. The second-order valence-electron chi connectivity index (χ2n) is 6.86. The summed E-state index contributed by atoms with van der Waals surface area (Å²) >= 11 is 0. The first kappa shape index (κ1) is 18.2. The lowest BCUT2D eigenvalue weighted by molar-refractivity contribution is -0.384. The van der Waals surface area contributed by atoms with E-state index in [9.17, 15) is 15.2 Å². The van der Waals surface area contributed by atoms with Crippen LogP contribution in [0.5, 0.6) is 0 Å². The molecule has 0 bridgehead atoms. The van der Waals surface area contributed by atoms with Crippen molar-refractivity contribution in [1.29, 1.82) is 0 Å². The van der Waals surface area contributed by atoms with Crippen LogP contribution in [0.25, 0.3) is 21.8 Å². The number of fused-ring (bicyclic) bond motifs is 3. The van der Waals surface area contributed by atoms with Gasteiger partial charge in [0.2, 0.25) is 0 Å². The summed E-state index contributed by atoms with van der Waals surface area (Å²) in [5.41, 5.74) is 3.08. The van der Waals surface area contributed by atoms with E-state index in [4.69, 9.17) is 0 Å². The zero-order chi connectivity index (χ0) is 19.5. The maximum atomic E-state index is 11.2. The zero-order valence-corrected chi connectivity index (χ0v) is 15.3. The molecule has 4 aromatic rings. The standard InChI is InChI=1S/C22H21N3O3/c26-18(14-23-13-16-6-2-1-3-7-16)15-24-21-9-5-4-8-19(21)20-12-17(25(27)28)10-11-22(20)24/h1-12,18,23,26H,13-15H2. The van der Waals surface area contributed by atoms with E-state index in [0.717, 1.165) is 21.8 Å². The molecule has 0 aliphatic heterocycles. The van der Waals surface area contributed by atoms with Crippen LogP contribution in [0.1, 0.15) is 5.56 Å². The lowest BCUT2D eigenvalue weighted by Crippen LogP contribution is -2.29. The van der Waals surface area contributed by atoms with Crippen LogP contribution in [0.4, 0.5) is 5.69 Å². The van der Waals surface area contributed by atoms with Gasteiger partial charge in [0.05, 0.1) is 17.6 Å². The number of nitrogens with one attached hydrogen (secondary N) is 1. The van der Waals surface area contributed by atoms with Crippen molar-refractivity contribution in [2.45, 2.75) is 19.2 Å². The lowest BCUT2D eigenvalue weighted by Gasteiger charge is -2.15.